The fraction of sp³-hybridized carbons (Fsp3) is 0.269. The molecule has 0 unspecified atom stereocenters. The number of carbonyl (C=O) groups is 2. The van der Waals surface area contributed by atoms with Crippen molar-refractivity contribution in [2.24, 2.45) is 0 Å². The Balaban J connectivity index is 1.21. The van der Waals surface area contributed by atoms with Crippen molar-refractivity contribution in [2.45, 2.75) is 37.4 Å². The predicted octanol–water partition coefficient (Wildman–Crippen LogP) is 1.62. The Kier molecular flexibility index (Phi) is 7.01. The minimum absolute atomic E-state index is 0.0359. The van der Waals surface area contributed by atoms with E-state index in [-0.39, 0.29) is 29.9 Å². The number of rotatable bonds is 9. The van der Waals surface area contributed by atoms with Gasteiger partial charge in [0, 0.05) is 24.4 Å². The molecule has 4 atom stereocenters. The maximum absolute atomic E-state index is 12.6. The van der Waals surface area contributed by atoms with E-state index in [2.05, 4.69) is 15.0 Å². The number of fused-ring (bicyclic) bond motifs is 1. The largest absolute Gasteiger partial charge is 0.489 e. The summed E-state index contributed by atoms with van der Waals surface area (Å²) >= 11 is 0. The number of ketones is 1. The number of carboxylic acids is 1. The first-order valence-corrected chi connectivity index (χ1v) is 11.8. The van der Waals surface area contributed by atoms with Crippen molar-refractivity contribution in [3.8, 4) is 5.75 Å². The third-order valence-electron chi connectivity index (χ3n) is 6.39. The van der Waals surface area contributed by atoms with E-state index in [0.29, 0.717) is 34.6 Å². The van der Waals surface area contributed by atoms with Crippen LogP contribution < -0.4 is 10.5 Å². The molecule has 0 spiro atoms. The van der Waals surface area contributed by atoms with Crippen molar-refractivity contribution in [1.29, 1.82) is 0 Å². The van der Waals surface area contributed by atoms with Crippen molar-refractivity contribution in [1.82, 2.24) is 19.5 Å². The number of hydrogen-bond donors (Lipinski definition) is 4. The number of anilines is 1. The van der Waals surface area contributed by atoms with Crippen molar-refractivity contribution in [3.63, 3.8) is 0 Å². The van der Waals surface area contributed by atoms with E-state index in [1.165, 1.54) is 35.4 Å². The fourth-order valence-corrected chi connectivity index (χ4v) is 4.40. The molecule has 1 aliphatic heterocycles. The molecule has 4 aromatic rings. The molecule has 38 heavy (non-hydrogen) atoms. The Morgan fingerprint density at radius 2 is 1.87 bits per heavy atom. The molecule has 1 aromatic carbocycles. The summed E-state index contributed by atoms with van der Waals surface area (Å²) in [5.41, 5.74) is 8.08. The molecule has 12 heteroatoms. The number of carbonyl (C=O) groups excluding carboxylic acids is 1. The number of aliphatic hydroxyl groups excluding tert-OH is 2. The average Bonchev–Trinajstić information content (AvgIpc) is 3.48. The summed E-state index contributed by atoms with van der Waals surface area (Å²) in [6.45, 7) is -0.0764. The Hall–Kier alpha value is -4.39. The first-order chi connectivity index (χ1) is 18.3. The normalized spacial score (nSPS) is 21.0. The molecule has 1 saturated heterocycles. The zero-order valence-corrected chi connectivity index (χ0v) is 20.0. The quantitative estimate of drug-likeness (QED) is 0.236. The number of benzene rings is 1. The van der Waals surface area contributed by atoms with Gasteiger partial charge in [-0.15, -0.1) is 0 Å². The standard InChI is InChI=1S/C26H25N5O7/c27-18-7-8-29-24-21(18)30-13-31(24)25-23(34)22(33)20(38-25)12-37-15-9-14(10-28-11-15)5-6-19(32)16-3-1-2-4-17(16)26(35)36/h1-4,7-11,13,20,22-23,25,33-34H,5-6,12H2,(H2,27,29)(H,35,36)/t20-,22-,23-,25-/m1/s1. The van der Waals surface area contributed by atoms with E-state index in [9.17, 15) is 24.9 Å². The van der Waals surface area contributed by atoms with Gasteiger partial charge in [-0.05, 0) is 30.2 Å². The van der Waals surface area contributed by atoms with Crippen molar-refractivity contribution in [3.05, 3.63) is 78.0 Å². The van der Waals surface area contributed by atoms with Gasteiger partial charge >= 0.3 is 5.97 Å². The van der Waals surface area contributed by atoms with Gasteiger partial charge in [0.15, 0.2) is 17.7 Å². The SMILES string of the molecule is Nc1ccnc2c1ncn2[C@@H]1O[C@H](COc2cncc(CCC(=O)c3ccccc3C(=O)O)c2)[C@@H](O)[C@H]1O. The highest BCUT2D eigenvalue weighted by Gasteiger charge is 2.44. The number of Topliss-reactive ketones (excluding diaryl/α,β-unsaturated/α-hetero) is 1. The highest BCUT2D eigenvalue weighted by molar-refractivity contribution is 6.05. The van der Waals surface area contributed by atoms with Crippen LogP contribution in [0.15, 0.2) is 61.3 Å². The summed E-state index contributed by atoms with van der Waals surface area (Å²) in [6.07, 6.45) is 2.16. The number of nitrogen functional groups attached to an aromatic ring is 1. The molecule has 5 rings (SSSR count). The number of ether oxygens (including phenoxy) is 2. The van der Waals surface area contributed by atoms with Gasteiger partial charge in [-0.1, -0.05) is 18.2 Å². The Labute approximate surface area is 216 Å². The van der Waals surface area contributed by atoms with Crippen LogP contribution in [-0.4, -0.2) is 71.5 Å². The predicted molar refractivity (Wildman–Crippen MR) is 134 cm³/mol. The number of imidazole rings is 1. The van der Waals surface area contributed by atoms with Crippen LogP contribution in [-0.2, 0) is 11.2 Å². The van der Waals surface area contributed by atoms with E-state index in [4.69, 9.17) is 15.2 Å². The summed E-state index contributed by atoms with van der Waals surface area (Å²) in [5.74, 6) is -1.06. The summed E-state index contributed by atoms with van der Waals surface area (Å²) in [4.78, 5) is 36.6. The van der Waals surface area contributed by atoms with Gasteiger partial charge in [0.2, 0.25) is 0 Å². The minimum Gasteiger partial charge on any atom is -0.489 e. The average molecular weight is 520 g/mol. The molecule has 3 aromatic heterocycles. The highest BCUT2D eigenvalue weighted by atomic mass is 16.6. The molecule has 0 radical (unpaired) electrons. The number of hydrogen-bond acceptors (Lipinski definition) is 10. The van der Waals surface area contributed by atoms with Gasteiger partial charge in [0.25, 0.3) is 0 Å². The van der Waals surface area contributed by atoms with Gasteiger partial charge in [0.05, 0.1) is 23.8 Å². The van der Waals surface area contributed by atoms with Gasteiger partial charge < -0.3 is 30.5 Å². The van der Waals surface area contributed by atoms with Gasteiger partial charge in [-0.2, -0.15) is 0 Å². The fourth-order valence-electron chi connectivity index (χ4n) is 4.40. The zero-order valence-electron chi connectivity index (χ0n) is 20.0. The molecule has 4 heterocycles. The molecule has 1 aliphatic rings. The molecular weight excluding hydrogens is 494 g/mol. The Morgan fingerprint density at radius 1 is 1.08 bits per heavy atom. The van der Waals surface area contributed by atoms with Crippen LogP contribution in [0.2, 0.25) is 0 Å². The minimum atomic E-state index is -1.26. The van der Waals surface area contributed by atoms with Gasteiger partial charge in [0.1, 0.15) is 36.2 Å². The monoisotopic (exact) mass is 519 g/mol. The number of aliphatic hydroxyl groups is 2. The summed E-state index contributed by atoms with van der Waals surface area (Å²) in [6, 6.07) is 9.40. The van der Waals surface area contributed by atoms with Crippen LogP contribution in [0.4, 0.5) is 5.69 Å². The summed E-state index contributed by atoms with van der Waals surface area (Å²) < 4.78 is 13.2. The highest BCUT2D eigenvalue weighted by Crippen LogP contribution is 2.32. The molecule has 12 nitrogen and oxygen atoms in total. The molecule has 0 saturated carbocycles. The molecule has 196 valence electrons. The van der Waals surface area contributed by atoms with Crippen molar-refractivity contribution < 1.29 is 34.4 Å². The van der Waals surface area contributed by atoms with E-state index in [1.807, 2.05) is 0 Å². The second kappa shape index (κ2) is 10.5. The molecule has 0 aliphatic carbocycles. The molecule has 0 bridgehead atoms. The van der Waals surface area contributed by atoms with Crippen LogP contribution in [0, 0.1) is 0 Å². The van der Waals surface area contributed by atoms with Crippen LogP contribution in [0.3, 0.4) is 0 Å². The maximum Gasteiger partial charge on any atom is 0.336 e. The maximum atomic E-state index is 12.6. The van der Waals surface area contributed by atoms with Gasteiger partial charge in [-0.3, -0.25) is 14.3 Å². The lowest BCUT2D eigenvalue weighted by Crippen LogP contribution is -2.34. The second-order valence-corrected chi connectivity index (χ2v) is 8.88. The van der Waals surface area contributed by atoms with Crippen LogP contribution >= 0.6 is 0 Å². The number of carboxylic acid groups (broad SMARTS) is 1. The Morgan fingerprint density at radius 3 is 2.66 bits per heavy atom. The first kappa shape index (κ1) is 25.3. The van der Waals surface area contributed by atoms with Crippen molar-refractivity contribution >= 4 is 28.6 Å². The Bertz CT molecular complexity index is 1490. The van der Waals surface area contributed by atoms with Crippen LogP contribution in [0.1, 0.15) is 38.9 Å². The third-order valence-corrected chi connectivity index (χ3v) is 6.39. The lowest BCUT2D eigenvalue weighted by molar-refractivity contribution is -0.0474. The molecule has 5 N–H and O–H groups in total. The number of aryl methyl sites for hydroxylation is 1. The number of nitrogens with two attached hydrogens (primary N) is 1. The zero-order chi connectivity index (χ0) is 26.8. The third kappa shape index (κ3) is 4.92. The summed E-state index contributed by atoms with van der Waals surface area (Å²) in [7, 11) is 0. The van der Waals surface area contributed by atoms with Crippen LogP contribution in [0.25, 0.3) is 11.2 Å². The van der Waals surface area contributed by atoms with Crippen LogP contribution in [0.5, 0.6) is 5.75 Å². The molecule has 0 amide bonds. The second-order valence-electron chi connectivity index (χ2n) is 8.88. The van der Waals surface area contributed by atoms with E-state index in [1.54, 1.807) is 30.5 Å². The van der Waals surface area contributed by atoms with Gasteiger partial charge in [-0.25, -0.2) is 14.8 Å². The van der Waals surface area contributed by atoms with E-state index >= 15 is 0 Å². The van der Waals surface area contributed by atoms with E-state index in [0.717, 1.165) is 0 Å². The lowest BCUT2D eigenvalue weighted by atomic mass is 9.99. The van der Waals surface area contributed by atoms with E-state index < -0.39 is 30.5 Å². The number of aromatic nitrogens is 4. The number of pyridine rings is 2. The molecule has 1 fully saturated rings. The lowest BCUT2D eigenvalue weighted by Gasteiger charge is -2.16. The number of nitrogens with zero attached hydrogens (tertiary/aromatic N) is 4. The molecular formula is C26H25N5O7. The summed E-state index contributed by atoms with van der Waals surface area (Å²) in [5, 5.41) is 30.5. The smallest absolute Gasteiger partial charge is 0.336 e. The number of aromatic carboxylic acids is 1. The first-order valence-electron chi connectivity index (χ1n) is 11.8. The van der Waals surface area contributed by atoms with Crippen molar-refractivity contribution in [2.75, 3.05) is 12.3 Å². The topological polar surface area (TPSA) is 183 Å².